The second-order valence-electron chi connectivity index (χ2n) is 1.88. The molecule has 6 nitrogen and oxygen atoms in total. The maximum absolute atomic E-state index is 9.93. The Morgan fingerprint density at radius 2 is 2.55 bits per heavy atom. The molecule has 1 heterocycles. The number of carbonyl (C=O) groups excluding carboxylic acids is 1. The molecular formula is C5H7N5O. The van der Waals surface area contributed by atoms with Gasteiger partial charge in [-0.2, -0.15) is 0 Å². The maximum Gasteiger partial charge on any atom is 0.211 e. The Bertz CT molecular complexity index is 252. The first-order valence-electron chi connectivity index (χ1n) is 2.95. The minimum Gasteiger partial charge on any atom is -0.333 e. The average Bonchev–Trinajstić information content (AvgIpc) is 2.40. The van der Waals surface area contributed by atoms with Gasteiger partial charge in [-0.15, -0.1) is 5.10 Å². The van der Waals surface area contributed by atoms with Crippen molar-refractivity contribution in [3.05, 3.63) is 11.5 Å². The molecule has 6 heteroatoms. The van der Waals surface area contributed by atoms with Crippen LogP contribution < -0.4 is 5.32 Å². The lowest BCUT2D eigenvalue weighted by atomic mass is 10.4. The van der Waals surface area contributed by atoms with Crippen LogP contribution in [0.3, 0.4) is 0 Å². The summed E-state index contributed by atoms with van der Waals surface area (Å²) in [7, 11) is 0. The summed E-state index contributed by atoms with van der Waals surface area (Å²) in [6.07, 6.45) is 2.21. The maximum atomic E-state index is 9.93. The van der Waals surface area contributed by atoms with E-state index in [9.17, 15) is 4.79 Å². The van der Waals surface area contributed by atoms with Gasteiger partial charge in [0, 0.05) is 11.8 Å². The van der Waals surface area contributed by atoms with Gasteiger partial charge in [-0.05, 0) is 17.4 Å². The number of tetrazole rings is 1. The van der Waals surface area contributed by atoms with Crippen LogP contribution >= 0.6 is 0 Å². The first-order valence-corrected chi connectivity index (χ1v) is 2.95. The molecule has 2 N–H and O–H groups in total. The quantitative estimate of drug-likeness (QED) is 0.563. The van der Waals surface area contributed by atoms with E-state index in [0.717, 1.165) is 0 Å². The van der Waals surface area contributed by atoms with Crippen LogP contribution in [0.25, 0.3) is 6.08 Å². The van der Waals surface area contributed by atoms with E-state index in [1.165, 1.54) is 0 Å². The van der Waals surface area contributed by atoms with Gasteiger partial charge in [-0.3, -0.25) is 4.79 Å². The fraction of sp³-hybridized carbons (Fsp3) is 0.200. The molecule has 0 bridgehead atoms. The van der Waals surface area contributed by atoms with Crippen molar-refractivity contribution < 1.29 is 4.79 Å². The Morgan fingerprint density at radius 3 is 3.09 bits per heavy atom. The smallest absolute Gasteiger partial charge is 0.211 e. The number of allylic oxidation sites excluding steroid dienone is 1. The third-order valence-electron chi connectivity index (χ3n) is 1.00. The van der Waals surface area contributed by atoms with E-state index in [-0.39, 0.29) is 0 Å². The number of aromatic nitrogens is 4. The van der Waals surface area contributed by atoms with Crippen LogP contribution in [0, 0.1) is 0 Å². The fourth-order valence-corrected chi connectivity index (χ4v) is 0.567. The number of amides is 1. The van der Waals surface area contributed by atoms with Crippen LogP contribution in [0.5, 0.6) is 0 Å². The van der Waals surface area contributed by atoms with Crippen molar-refractivity contribution in [1.29, 1.82) is 0 Å². The van der Waals surface area contributed by atoms with Crippen molar-refractivity contribution in [2.45, 2.75) is 6.92 Å². The van der Waals surface area contributed by atoms with E-state index < -0.39 is 0 Å². The Labute approximate surface area is 62.7 Å². The summed E-state index contributed by atoms with van der Waals surface area (Å²) < 4.78 is 0. The number of hydrogen-bond donors (Lipinski definition) is 2. The lowest BCUT2D eigenvalue weighted by Gasteiger charge is -1.92. The van der Waals surface area contributed by atoms with Gasteiger partial charge in [0.1, 0.15) is 0 Å². The molecular weight excluding hydrogens is 146 g/mol. The molecule has 0 aliphatic heterocycles. The van der Waals surface area contributed by atoms with E-state index in [4.69, 9.17) is 0 Å². The number of nitrogens with zero attached hydrogens (tertiary/aromatic N) is 3. The van der Waals surface area contributed by atoms with Gasteiger partial charge >= 0.3 is 0 Å². The highest BCUT2D eigenvalue weighted by molar-refractivity contribution is 5.55. The van der Waals surface area contributed by atoms with E-state index in [2.05, 4.69) is 25.9 Å². The Morgan fingerprint density at radius 1 is 1.73 bits per heavy atom. The molecule has 11 heavy (non-hydrogen) atoms. The Balaban J connectivity index is 2.65. The minimum absolute atomic E-state index is 0.511. The summed E-state index contributed by atoms with van der Waals surface area (Å²) in [6.45, 7) is 1.73. The third-order valence-corrected chi connectivity index (χ3v) is 1.00. The highest BCUT2D eigenvalue weighted by atomic mass is 16.1. The predicted molar refractivity (Wildman–Crippen MR) is 37.0 cm³/mol. The van der Waals surface area contributed by atoms with Gasteiger partial charge in [0.25, 0.3) is 0 Å². The van der Waals surface area contributed by atoms with Crippen LogP contribution in [-0.2, 0) is 4.79 Å². The van der Waals surface area contributed by atoms with Crippen LogP contribution in [0.4, 0.5) is 0 Å². The summed E-state index contributed by atoms with van der Waals surface area (Å²) in [5.41, 5.74) is 0.679. The van der Waals surface area contributed by atoms with E-state index in [1.54, 1.807) is 13.0 Å². The standard InChI is InChI=1S/C5H7N5O/c1-4(6-3-11)2-5-7-9-10-8-5/h2-3H,1H3,(H,6,11)(H,7,8,9,10)/b4-2-. The zero-order valence-electron chi connectivity index (χ0n) is 5.90. The summed E-state index contributed by atoms with van der Waals surface area (Å²) in [5, 5.41) is 15.3. The highest BCUT2D eigenvalue weighted by Crippen LogP contribution is 1.92. The van der Waals surface area contributed by atoms with Crippen molar-refractivity contribution in [3.8, 4) is 0 Å². The van der Waals surface area contributed by atoms with Crippen LogP contribution in [0.2, 0.25) is 0 Å². The second kappa shape index (κ2) is 3.45. The molecule has 1 aromatic heterocycles. The molecule has 0 aliphatic carbocycles. The molecule has 58 valence electrons. The number of H-pyrrole nitrogens is 1. The number of nitrogens with one attached hydrogen (secondary N) is 2. The highest BCUT2D eigenvalue weighted by Gasteiger charge is 1.91. The molecule has 0 aliphatic rings. The molecule has 0 saturated heterocycles. The predicted octanol–water partition coefficient (Wildman–Crippen LogP) is -0.694. The summed E-state index contributed by atoms with van der Waals surface area (Å²) in [5.74, 6) is 0.511. The summed E-state index contributed by atoms with van der Waals surface area (Å²) >= 11 is 0. The number of rotatable bonds is 3. The van der Waals surface area contributed by atoms with Crippen molar-refractivity contribution >= 4 is 12.5 Å². The molecule has 0 fully saturated rings. The normalized spacial score (nSPS) is 11.2. The molecule has 0 saturated carbocycles. The fourth-order valence-electron chi connectivity index (χ4n) is 0.567. The molecule has 0 aromatic carbocycles. The van der Waals surface area contributed by atoms with Crippen molar-refractivity contribution in [2.24, 2.45) is 0 Å². The van der Waals surface area contributed by atoms with Gasteiger partial charge in [-0.1, -0.05) is 0 Å². The molecule has 1 amide bonds. The van der Waals surface area contributed by atoms with Crippen molar-refractivity contribution in [3.63, 3.8) is 0 Å². The molecule has 0 unspecified atom stereocenters. The van der Waals surface area contributed by atoms with E-state index in [1.807, 2.05) is 0 Å². The molecule has 0 radical (unpaired) electrons. The SMILES string of the molecule is C/C(=C/c1nnn[nH]1)NC=O. The van der Waals surface area contributed by atoms with Gasteiger partial charge in [-0.25, -0.2) is 5.10 Å². The zero-order valence-corrected chi connectivity index (χ0v) is 5.90. The number of aromatic amines is 1. The van der Waals surface area contributed by atoms with Gasteiger partial charge in [0.05, 0.1) is 0 Å². The third kappa shape index (κ3) is 2.17. The monoisotopic (exact) mass is 153 g/mol. The topological polar surface area (TPSA) is 83.6 Å². The van der Waals surface area contributed by atoms with Crippen molar-refractivity contribution in [1.82, 2.24) is 25.9 Å². The van der Waals surface area contributed by atoms with Crippen LogP contribution in [0.1, 0.15) is 12.7 Å². The molecule has 0 atom stereocenters. The molecule has 1 rings (SSSR count). The minimum atomic E-state index is 0.511. The zero-order chi connectivity index (χ0) is 8.10. The number of carbonyl (C=O) groups is 1. The van der Waals surface area contributed by atoms with Crippen LogP contribution in [-0.4, -0.2) is 27.0 Å². The molecule has 1 aromatic rings. The lowest BCUT2D eigenvalue weighted by molar-refractivity contribution is -0.108. The van der Waals surface area contributed by atoms with Gasteiger partial charge in [0.15, 0.2) is 5.82 Å². The lowest BCUT2D eigenvalue weighted by Crippen LogP contribution is -2.06. The second-order valence-corrected chi connectivity index (χ2v) is 1.88. The van der Waals surface area contributed by atoms with Crippen LogP contribution in [0.15, 0.2) is 5.70 Å². The first kappa shape index (κ1) is 7.39. The summed E-state index contributed by atoms with van der Waals surface area (Å²) in [4.78, 5) is 9.93. The van der Waals surface area contributed by atoms with E-state index in [0.29, 0.717) is 17.9 Å². The largest absolute Gasteiger partial charge is 0.333 e. The molecule has 0 spiro atoms. The summed E-state index contributed by atoms with van der Waals surface area (Å²) in [6, 6.07) is 0. The Kier molecular flexibility index (Phi) is 2.32. The van der Waals surface area contributed by atoms with E-state index >= 15 is 0 Å². The van der Waals surface area contributed by atoms with Crippen molar-refractivity contribution in [2.75, 3.05) is 0 Å². The number of hydrogen-bond acceptors (Lipinski definition) is 4. The first-order chi connectivity index (χ1) is 5.33. The van der Waals surface area contributed by atoms with Gasteiger partial charge < -0.3 is 5.32 Å². The van der Waals surface area contributed by atoms with Gasteiger partial charge in [0.2, 0.25) is 6.41 Å². The Hall–Kier alpha value is -1.72. The average molecular weight is 153 g/mol.